The van der Waals surface area contributed by atoms with Gasteiger partial charge in [0.25, 0.3) is 0 Å². The summed E-state index contributed by atoms with van der Waals surface area (Å²) < 4.78 is 0. The van der Waals surface area contributed by atoms with Crippen molar-refractivity contribution in [3.05, 3.63) is 35.4 Å². The third kappa shape index (κ3) is 5.50. The van der Waals surface area contributed by atoms with Crippen LogP contribution in [0.15, 0.2) is 24.3 Å². The molecule has 0 aliphatic rings. The summed E-state index contributed by atoms with van der Waals surface area (Å²) in [5.74, 6) is 5.86. The lowest BCUT2D eigenvalue weighted by molar-refractivity contribution is 0.138. The van der Waals surface area contributed by atoms with E-state index in [1.54, 1.807) is 6.92 Å². The van der Waals surface area contributed by atoms with Gasteiger partial charge in [-0.1, -0.05) is 24.0 Å². The first-order chi connectivity index (χ1) is 8.11. The van der Waals surface area contributed by atoms with Crippen LogP contribution in [0.2, 0.25) is 0 Å². The van der Waals surface area contributed by atoms with E-state index >= 15 is 0 Å². The van der Waals surface area contributed by atoms with E-state index < -0.39 is 0 Å². The third-order valence-electron chi connectivity index (χ3n) is 2.29. The van der Waals surface area contributed by atoms with Crippen LogP contribution in [0.25, 0.3) is 0 Å². The van der Waals surface area contributed by atoms with E-state index in [9.17, 15) is 5.11 Å². The summed E-state index contributed by atoms with van der Waals surface area (Å²) in [5, 5.41) is 9.29. The molecule has 0 fully saturated rings. The van der Waals surface area contributed by atoms with Crippen molar-refractivity contribution >= 4 is 0 Å². The molecular weight excluding hydrogens is 212 g/mol. The first-order valence-corrected chi connectivity index (χ1v) is 5.76. The van der Waals surface area contributed by atoms with E-state index in [0.717, 1.165) is 12.1 Å². The molecule has 3 nitrogen and oxygen atoms in total. The Morgan fingerprint density at radius 3 is 2.88 bits per heavy atom. The number of hydrogen-bond donors (Lipinski definition) is 2. The normalized spacial score (nSPS) is 12.1. The second kappa shape index (κ2) is 7.08. The molecule has 0 saturated heterocycles. The Bertz CT molecular complexity index is 404. The van der Waals surface area contributed by atoms with Gasteiger partial charge < -0.3 is 10.8 Å². The highest BCUT2D eigenvalue weighted by Crippen LogP contribution is 2.07. The second-order valence-electron chi connectivity index (χ2n) is 4.25. The van der Waals surface area contributed by atoms with Crippen LogP contribution in [-0.2, 0) is 6.54 Å². The Balaban J connectivity index is 2.65. The standard InChI is InChI=1S/C14H20N2O/c1-12(17)10-16(2)11-14-6-3-5-13(9-14)7-4-8-15/h3,5-6,9,12,17H,8,10-11,15H2,1-2H3. The van der Waals surface area contributed by atoms with Crippen molar-refractivity contribution in [1.29, 1.82) is 0 Å². The highest BCUT2D eigenvalue weighted by molar-refractivity contribution is 5.37. The molecule has 0 aliphatic heterocycles. The fourth-order valence-corrected chi connectivity index (χ4v) is 1.73. The number of rotatable bonds is 4. The zero-order valence-corrected chi connectivity index (χ0v) is 10.5. The van der Waals surface area contributed by atoms with Crippen LogP contribution in [-0.4, -0.2) is 36.2 Å². The molecular formula is C14H20N2O. The molecule has 92 valence electrons. The maximum Gasteiger partial charge on any atom is 0.0639 e. The third-order valence-corrected chi connectivity index (χ3v) is 2.29. The van der Waals surface area contributed by atoms with Gasteiger partial charge in [0, 0.05) is 18.7 Å². The molecule has 0 radical (unpaired) electrons. The monoisotopic (exact) mass is 232 g/mol. The van der Waals surface area contributed by atoms with Gasteiger partial charge in [0.15, 0.2) is 0 Å². The van der Waals surface area contributed by atoms with E-state index in [4.69, 9.17) is 5.73 Å². The van der Waals surface area contributed by atoms with E-state index in [2.05, 4.69) is 28.9 Å². The summed E-state index contributed by atoms with van der Waals surface area (Å²) in [4.78, 5) is 2.08. The summed E-state index contributed by atoms with van der Waals surface area (Å²) in [7, 11) is 1.99. The minimum absolute atomic E-state index is 0.305. The van der Waals surface area contributed by atoms with Crippen LogP contribution < -0.4 is 5.73 Å². The molecule has 0 heterocycles. The van der Waals surface area contributed by atoms with Gasteiger partial charge in [0.1, 0.15) is 0 Å². The van der Waals surface area contributed by atoms with Crippen molar-refractivity contribution in [3.8, 4) is 11.8 Å². The summed E-state index contributed by atoms with van der Waals surface area (Å²) in [6, 6.07) is 8.08. The summed E-state index contributed by atoms with van der Waals surface area (Å²) in [6.07, 6.45) is -0.305. The van der Waals surface area contributed by atoms with Crippen LogP contribution in [0.5, 0.6) is 0 Å². The summed E-state index contributed by atoms with van der Waals surface area (Å²) >= 11 is 0. The van der Waals surface area contributed by atoms with Crippen LogP contribution in [0, 0.1) is 11.8 Å². The molecule has 0 bridgehead atoms. The Kier molecular flexibility index (Phi) is 5.71. The SMILES string of the molecule is CC(O)CN(C)Cc1cccc(C#CCN)c1. The number of nitrogens with two attached hydrogens (primary N) is 1. The van der Waals surface area contributed by atoms with Crippen LogP contribution in [0.3, 0.4) is 0 Å². The lowest BCUT2D eigenvalue weighted by Crippen LogP contribution is -2.26. The van der Waals surface area contributed by atoms with Crippen LogP contribution in [0.1, 0.15) is 18.1 Å². The number of benzene rings is 1. The Labute approximate surface area is 103 Å². The molecule has 17 heavy (non-hydrogen) atoms. The zero-order chi connectivity index (χ0) is 12.7. The number of hydrogen-bond acceptors (Lipinski definition) is 3. The van der Waals surface area contributed by atoms with Crippen LogP contribution >= 0.6 is 0 Å². The molecule has 3 heteroatoms. The van der Waals surface area contributed by atoms with E-state index in [-0.39, 0.29) is 6.10 Å². The first kappa shape index (κ1) is 13.7. The summed E-state index contributed by atoms with van der Waals surface area (Å²) in [6.45, 7) is 3.65. The molecule has 3 N–H and O–H groups in total. The van der Waals surface area contributed by atoms with Gasteiger partial charge in [-0.05, 0) is 31.7 Å². The number of nitrogens with zero attached hydrogens (tertiary/aromatic N) is 1. The molecule has 1 unspecified atom stereocenters. The molecule has 0 amide bonds. The minimum atomic E-state index is -0.305. The van der Waals surface area contributed by atoms with Crippen molar-refractivity contribution in [2.24, 2.45) is 5.73 Å². The van der Waals surface area contributed by atoms with E-state index in [0.29, 0.717) is 13.1 Å². The van der Waals surface area contributed by atoms with E-state index in [1.807, 2.05) is 19.2 Å². The molecule has 1 atom stereocenters. The van der Waals surface area contributed by atoms with Gasteiger partial charge in [0.05, 0.1) is 12.6 Å². The maximum atomic E-state index is 9.29. The van der Waals surface area contributed by atoms with Crippen LogP contribution in [0.4, 0.5) is 0 Å². The second-order valence-corrected chi connectivity index (χ2v) is 4.25. The van der Waals surface area contributed by atoms with Crippen molar-refractivity contribution in [2.45, 2.75) is 19.6 Å². The first-order valence-electron chi connectivity index (χ1n) is 5.76. The lowest BCUT2D eigenvalue weighted by atomic mass is 10.1. The van der Waals surface area contributed by atoms with E-state index in [1.165, 1.54) is 5.56 Å². The maximum absolute atomic E-state index is 9.29. The fraction of sp³-hybridized carbons (Fsp3) is 0.429. The van der Waals surface area contributed by atoms with Gasteiger partial charge in [-0.2, -0.15) is 0 Å². The van der Waals surface area contributed by atoms with Crippen molar-refractivity contribution in [3.63, 3.8) is 0 Å². The molecule has 1 aromatic carbocycles. The average Bonchev–Trinajstić information content (AvgIpc) is 2.25. The number of aliphatic hydroxyl groups excluding tert-OH is 1. The largest absolute Gasteiger partial charge is 0.392 e. The topological polar surface area (TPSA) is 49.5 Å². The van der Waals surface area contributed by atoms with Gasteiger partial charge in [0.2, 0.25) is 0 Å². The minimum Gasteiger partial charge on any atom is -0.392 e. The quantitative estimate of drug-likeness (QED) is 0.755. The number of likely N-dealkylation sites (N-methyl/N-ethyl adjacent to an activating group) is 1. The van der Waals surface area contributed by atoms with Gasteiger partial charge >= 0.3 is 0 Å². The fourth-order valence-electron chi connectivity index (χ4n) is 1.73. The van der Waals surface area contributed by atoms with Crippen molar-refractivity contribution in [1.82, 2.24) is 4.90 Å². The molecule has 0 saturated carbocycles. The smallest absolute Gasteiger partial charge is 0.0639 e. The van der Waals surface area contributed by atoms with Gasteiger partial charge in [-0.15, -0.1) is 0 Å². The molecule has 0 aromatic heterocycles. The highest BCUT2D eigenvalue weighted by atomic mass is 16.3. The molecule has 1 rings (SSSR count). The molecule has 0 spiro atoms. The Morgan fingerprint density at radius 2 is 2.24 bits per heavy atom. The predicted octanol–water partition coefficient (Wildman–Crippen LogP) is 0.809. The lowest BCUT2D eigenvalue weighted by Gasteiger charge is -2.18. The highest BCUT2D eigenvalue weighted by Gasteiger charge is 2.03. The molecule has 1 aromatic rings. The average molecular weight is 232 g/mol. The zero-order valence-electron chi connectivity index (χ0n) is 10.5. The van der Waals surface area contributed by atoms with Gasteiger partial charge in [-0.3, -0.25) is 4.90 Å². The predicted molar refractivity (Wildman–Crippen MR) is 70.4 cm³/mol. The van der Waals surface area contributed by atoms with Crippen molar-refractivity contribution < 1.29 is 5.11 Å². The van der Waals surface area contributed by atoms with Gasteiger partial charge in [-0.25, -0.2) is 0 Å². The Hall–Kier alpha value is -1.34. The Morgan fingerprint density at radius 1 is 1.47 bits per heavy atom. The van der Waals surface area contributed by atoms with Crippen molar-refractivity contribution in [2.75, 3.05) is 20.1 Å². The number of aliphatic hydroxyl groups is 1. The molecule has 0 aliphatic carbocycles. The summed E-state index contributed by atoms with van der Waals surface area (Å²) in [5.41, 5.74) is 7.52.